The van der Waals surface area contributed by atoms with Crippen molar-refractivity contribution in [3.63, 3.8) is 0 Å². The smallest absolute Gasteiger partial charge is 0.0778 e. The summed E-state index contributed by atoms with van der Waals surface area (Å²) >= 11 is 0. The molecule has 0 spiro atoms. The van der Waals surface area contributed by atoms with Gasteiger partial charge in [0.1, 0.15) is 0 Å². The summed E-state index contributed by atoms with van der Waals surface area (Å²) in [6.45, 7) is 8.78. The zero-order valence-corrected chi connectivity index (χ0v) is 9.47. The fraction of sp³-hybridized carbons (Fsp3) is 1.00. The molecule has 0 aromatic carbocycles. The van der Waals surface area contributed by atoms with Crippen molar-refractivity contribution in [1.82, 2.24) is 5.32 Å². The van der Waals surface area contributed by atoms with E-state index in [1.54, 1.807) is 0 Å². The van der Waals surface area contributed by atoms with Crippen LogP contribution in [0.2, 0.25) is 0 Å². The maximum atomic E-state index is 5.87. The fourth-order valence-corrected chi connectivity index (χ4v) is 1.78. The van der Waals surface area contributed by atoms with Crippen molar-refractivity contribution in [1.29, 1.82) is 0 Å². The van der Waals surface area contributed by atoms with Gasteiger partial charge in [-0.25, -0.2) is 0 Å². The van der Waals surface area contributed by atoms with Gasteiger partial charge in [0.2, 0.25) is 0 Å². The standard InChI is InChI=1S/C11H23NO2/c1-3-13-8-5-9-14-11(2)6-4-7-12-10-11/h12H,3-10H2,1-2H3. The molecule has 1 fully saturated rings. The first-order valence-corrected chi connectivity index (χ1v) is 5.69. The van der Waals surface area contributed by atoms with Gasteiger partial charge in [-0.05, 0) is 39.7 Å². The van der Waals surface area contributed by atoms with Crippen LogP contribution in [-0.4, -0.2) is 38.5 Å². The zero-order valence-electron chi connectivity index (χ0n) is 9.47. The van der Waals surface area contributed by atoms with Crippen molar-refractivity contribution in [3.8, 4) is 0 Å². The summed E-state index contributed by atoms with van der Waals surface area (Å²) in [5.74, 6) is 0. The molecule has 1 saturated heterocycles. The number of hydrogen-bond donors (Lipinski definition) is 1. The molecular formula is C11H23NO2. The van der Waals surface area contributed by atoms with Gasteiger partial charge in [-0.1, -0.05) is 0 Å². The monoisotopic (exact) mass is 201 g/mol. The van der Waals surface area contributed by atoms with E-state index in [2.05, 4.69) is 12.2 Å². The van der Waals surface area contributed by atoms with Crippen molar-refractivity contribution < 1.29 is 9.47 Å². The third-order valence-corrected chi connectivity index (χ3v) is 2.65. The molecule has 0 aliphatic carbocycles. The van der Waals surface area contributed by atoms with E-state index >= 15 is 0 Å². The summed E-state index contributed by atoms with van der Waals surface area (Å²) in [5.41, 5.74) is 0.0600. The van der Waals surface area contributed by atoms with Crippen LogP contribution in [0.4, 0.5) is 0 Å². The zero-order chi connectivity index (χ0) is 10.3. The van der Waals surface area contributed by atoms with E-state index in [0.717, 1.165) is 39.3 Å². The molecule has 1 unspecified atom stereocenters. The molecule has 3 nitrogen and oxygen atoms in total. The quantitative estimate of drug-likeness (QED) is 0.662. The predicted molar refractivity (Wildman–Crippen MR) is 57.6 cm³/mol. The second-order valence-electron chi connectivity index (χ2n) is 4.13. The highest BCUT2D eigenvalue weighted by Gasteiger charge is 2.26. The minimum Gasteiger partial charge on any atom is -0.382 e. The lowest BCUT2D eigenvalue weighted by Crippen LogP contribution is -2.45. The van der Waals surface area contributed by atoms with Crippen molar-refractivity contribution in [2.45, 2.75) is 38.7 Å². The van der Waals surface area contributed by atoms with Crippen LogP contribution >= 0.6 is 0 Å². The molecule has 1 aliphatic heterocycles. The molecule has 1 atom stereocenters. The maximum Gasteiger partial charge on any atom is 0.0778 e. The van der Waals surface area contributed by atoms with E-state index in [4.69, 9.17) is 9.47 Å². The van der Waals surface area contributed by atoms with Crippen molar-refractivity contribution in [2.75, 3.05) is 32.9 Å². The van der Waals surface area contributed by atoms with Crippen LogP contribution in [-0.2, 0) is 9.47 Å². The van der Waals surface area contributed by atoms with E-state index in [0.29, 0.717) is 0 Å². The molecule has 1 N–H and O–H groups in total. The Hall–Kier alpha value is -0.120. The first-order chi connectivity index (χ1) is 6.77. The molecule has 1 aliphatic rings. The molecule has 0 saturated carbocycles. The molecule has 0 amide bonds. The van der Waals surface area contributed by atoms with Crippen molar-refractivity contribution >= 4 is 0 Å². The van der Waals surface area contributed by atoms with Crippen LogP contribution in [0, 0.1) is 0 Å². The molecule has 84 valence electrons. The van der Waals surface area contributed by atoms with E-state index < -0.39 is 0 Å². The Morgan fingerprint density at radius 3 is 2.86 bits per heavy atom. The topological polar surface area (TPSA) is 30.5 Å². The Morgan fingerprint density at radius 1 is 1.36 bits per heavy atom. The SMILES string of the molecule is CCOCCCOC1(C)CCCNC1. The van der Waals surface area contributed by atoms with Crippen LogP contribution < -0.4 is 5.32 Å². The molecule has 0 aromatic rings. The summed E-state index contributed by atoms with van der Waals surface area (Å²) in [7, 11) is 0. The van der Waals surface area contributed by atoms with E-state index in [9.17, 15) is 0 Å². The van der Waals surface area contributed by atoms with Gasteiger partial charge in [-0.15, -0.1) is 0 Å². The second kappa shape index (κ2) is 6.38. The number of piperidine rings is 1. The number of nitrogens with one attached hydrogen (secondary N) is 1. The van der Waals surface area contributed by atoms with Gasteiger partial charge < -0.3 is 14.8 Å². The number of rotatable bonds is 6. The average molecular weight is 201 g/mol. The van der Waals surface area contributed by atoms with Crippen molar-refractivity contribution in [2.24, 2.45) is 0 Å². The Kier molecular flexibility index (Phi) is 5.45. The summed E-state index contributed by atoms with van der Waals surface area (Å²) in [4.78, 5) is 0. The first kappa shape index (κ1) is 12.0. The fourth-order valence-electron chi connectivity index (χ4n) is 1.78. The van der Waals surface area contributed by atoms with E-state index in [1.165, 1.54) is 12.8 Å². The maximum absolute atomic E-state index is 5.87. The molecule has 3 heteroatoms. The van der Waals surface area contributed by atoms with E-state index in [-0.39, 0.29) is 5.60 Å². The minimum absolute atomic E-state index is 0.0600. The van der Waals surface area contributed by atoms with Crippen LogP contribution in [0.1, 0.15) is 33.1 Å². The normalized spacial score (nSPS) is 27.9. The van der Waals surface area contributed by atoms with Gasteiger partial charge in [-0.3, -0.25) is 0 Å². The van der Waals surface area contributed by atoms with E-state index in [1.807, 2.05) is 6.92 Å². The average Bonchev–Trinajstić information content (AvgIpc) is 2.18. The highest BCUT2D eigenvalue weighted by atomic mass is 16.5. The van der Waals surface area contributed by atoms with Gasteiger partial charge in [0.05, 0.1) is 5.60 Å². The number of hydrogen-bond acceptors (Lipinski definition) is 3. The van der Waals surface area contributed by atoms with Gasteiger partial charge in [0.15, 0.2) is 0 Å². The van der Waals surface area contributed by atoms with Gasteiger partial charge in [0, 0.05) is 26.4 Å². The Labute approximate surface area is 87.2 Å². The molecule has 1 heterocycles. The molecule has 0 aromatic heterocycles. The molecule has 1 rings (SSSR count). The van der Waals surface area contributed by atoms with Gasteiger partial charge in [0.25, 0.3) is 0 Å². The summed E-state index contributed by atoms with van der Waals surface area (Å²) in [6, 6.07) is 0. The van der Waals surface area contributed by atoms with Crippen LogP contribution in [0.15, 0.2) is 0 Å². The lowest BCUT2D eigenvalue weighted by Gasteiger charge is -2.34. The van der Waals surface area contributed by atoms with Crippen LogP contribution in [0.25, 0.3) is 0 Å². The summed E-state index contributed by atoms with van der Waals surface area (Å²) < 4.78 is 11.1. The Bertz CT molecular complexity index is 144. The highest BCUT2D eigenvalue weighted by molar-refractivity contribution is 4.82. The number of ether oxygens (including phenoxy) is 2. The molecular weight excluding hydrogens is 178 g/mol. The van der Waals surface area contributed by atoms with Crippen LogP contribution in [0.5, 0.6) is 0 Å². The molecule has 0 radical (unpaired) electrons. The minimum atomic E-state index is 0.0600. The molecule has 0 bridgehead atoms. The lowest BCUT2D eigenvalue weighted by atomic mass is 9.96. The third-order valence-electron chi connectivity index (χ3n) is 2.65. The Balaban J connectivity index is 2.03. The Morgan fingerprint density at radius 2 is 2.21 bits per heavy atom. The molecule has 14 heavy (non-hydrogen) atoms. The van der Waals surface area contributed by atoms with Gasteiger partial charge in [-0.2, -0.15) is 0 Å². The largest absolute Gasteiger partial charge is 0.382 e. The third kappa shape index (κ3) is 4.40. The highest BCUT2D eigenvalue weighted by Crippen LogP contribution is 2.19. The van der Waals surface area contributed by atoms with Crippen molar-refractivity contribution in [3.05, 3.63) is 0 Å². The second-order valence-corrected chi connectivity index (χ2v) is 4.13. The summed E-state index contributed by atoms with van der Waals surface area (Å²) in [5, 5.41) is 3.37. The van der Waals surface area contributed by atoms with Crippen LogP contribution in [0.3, 0.4) is 0 Å². The predicted octanol–water partition coefficient (Wildman–Crippen LogP) is 1.57. The first-order valence-electron chi connectivity index (χ1n) is 5.69. The lowest BCUT2D eigenvalue weighted by molar-refractivity contribution is -0.0528. The summed E-state index contributed by atoms with van der Waals surface area (Å²) in [6.07, 6.45) is 3.40. The van der Waals surface area contributed by atoms with Gasteiger partial charge >= 0.3 is 0 Å².